The largest absolute Gasteiger partial charge is 0.476 e. The number of ether oxygens (including phenoxy) is 1. The zero-order chi connectivity index (χ0) is 23.9. The number of rotatable bonds is 5. The van der Waals surface area contributed by atoms with Gasteiger partial charge in [-0.15, -0.1) is 0 Å². The van der Waals surface area contributed by atoms with Gasteiger partial charge in [-0.2, -0.15) is 9.46 Å². The van der Waals surface area contributed by atoms with E-state index in [-0.39, 0.29) is 5.41 Å². The number of aromatic nitrogens is 2. The SMILES string of the molecule is NS(=O)(=NC(c1ccccc1)(c1ccccc1)c1ccccc1)c1cnn2c1OCC1(CCC1)C2. The predicted molar refractivity (Wildman–Crippen MR) is 136 cm³/mol. The Bertz CT molecular complexity index is 1360. The molecule has 1 aromatic heterocycles. The van der Waals surface area contributed by atoms with Crippen LogP contribution in [0.1, 0.15) is 36.0 Å². The van der Waals surface area contributed by atoms with Crippen molar-refractivity contribution in [3.8, 4) is 5.88 Å². The minimum Gasteiger partial charge on any atom is -0.476 e. The first-order valence-electron chi connectivity index (χ1n) is 11.9. The lowest BCUT2D eigenvalue weighted by molar-refractivity contribution is 0.000128. The summed E-state index contributed by atoms with van der Waals surface area (Å²) in [6, 6.07) is 29.7. The number of benzene rings is 3. The van der Waals surface area contributed by atoms with Crippen LogP contribution in [0.4, 0.5) is 0 Å². The van der Waals surface area contributed by atoms with Crippen molar-refractivity contribution in [2.75, 3.05) is 6.61 Å². The Labute approximate surface area is 206 Å². The van der Waals surface area contributed by atoms with Crippen LogP contribution in [-0.2, 0) is 22.0 Å². The van der Waals surface area contributed by atoms with Crippen molar-refractivity contribution in [3.63, 3.8) is 0 Å². The van der Waals surface area contributed by atoms with Crippen LogP contribution in [0.2, 0.25) is 0 Å². The van der Waals surface area contributed by atoms with Crippen molar-refractivity contribution < 1.29 is 8.95 Å². The Morgan fingerprint density at radius 3 is 1.86 bits per heavy atom. The fourth-order valence-electron chi connectivity index (χ4n) is 5.33. The van der Waals surface area contributed by atoms with Crippen LogP contribution in [0.25, 0.3) is 0 Å². The highest BCUT2D eigenvalue weighted by atomic mass is 32.2. The summed E-state index contributed by atoms with van der Waals surface area (Å²) in [5.41, 5.74) is 1.70. The fourth-order valence-corrected chi connectivity index (χ4v) is 6.76. The summed E-state index contributed by atoms with van der Waals surface area (Å²) in [6.07, 6.45) is 5.04. The van der Waals surface area contributed by atoms with E-state index in [1.54, 1.807) is 6.20 Å². The lowest BCUT2D eigenvalue weighted by atomic mass is 9.69. The van der Waals surface area contributed by atoms with Crippen LogP contribution in [0.3, 0.4) is 0 Å². The molecule has 0 saturated heterocycles. The van der Waals surface area contributed by atoms with Gasteiger partial charge in [-0.3, -0.25) is 0 Å². The van der Waals surface area contributed by atoms with Gasteiger partial charge in [0.1, 0.15) is 20.3 Å². The summed E-state index contributed by atoms with van der Waals surface area (Å²) in [6.45, 7) is 1.36. The third kappa shape index (κ3) is 3.66. The van der Waals surface area contributed by atoms with Crippen LogP contribution in [0, 0.1) is 5.41 Å². The minimum atomic E-state index is -3.42. The van der Waals surface area contributed by atoms with Gasteiger partial charge in [0.05, 0.1) is 19.3 Å². The quantitative estimate of drug-likeness (QED) is 0.398. The summed E-state index contributed by atoms with van der Waals surface area (Å²) < 4.78 is 27.4. The molecule has 6 rings (SSSR count). The topological polar surface area (TPSA) is 82.5 Å². The van der Waals surface area contributed by atoms with Crippen molar-refractivity contribution in [1.29, 1.82) is 0 Å². The number of hydrogen-bond acceptors (Lipinski definition) is 4. The maximum Gasteiger partial charge on any atom is 0.230 e. The third-order valence-corrected chi connectivity index (χ3v) is 8.79. The molecule has 4 aromatic rings. The lowest BCUT2D eigenvalue weighted by Gasteiger charge is -2.44. The van der Waals surface area contributed by atoms with Crippen molar-refractivity contribution in [1.82, 2.24) is 9.78 Å². The molecular formula is C28H28N4O2S. The average Bonchev–Trinajstić information content (AvgIpc) is 3.32. The average molecular weight is 485 g/mol. The zero-order valence-electron chi connectivity index (χ0n) is 19.4. The molecule has 1 spiro atoms. The van der Waals surface area contributed by atoms with Crippen LogP contribution in [-0.4, -0.2) is 20.6 Å². The Balaban J connectivity index is 1.59. The molecule has 1 unspecified atom stereocenters. The smallest absolute Gasteiger partial charge is 0.230 e. The van der Waals surface area contributed by atoms with Gasteiger partial charge in [0.2, 0.25) is 5.88 Å². The van der Waals surface area contributed by atoms with E-state index >= 15 is 0 Å². The second kappa shape index (κ2) is 8.36. The maximum atomic E-state index is 14.4. The van der Waals surface area contributed by atoms with Crippen molar-refractivity contribution in [2.24, 2.45) is 14.9 Å². The Kier molecular flexibility index (Phi) is 5.27. The molecule has 1 aliphatic heterocycles. The molecule has 0 radical (unpaired) electrons. The van der Waals surface area contributed by atoms with Crippen molar-refractivity contribution in [2.45, 2.75) is 36.2 Å². The standard InChI is InChI=1S/C28H28N4O2S/c29-35(33,25-19-30-32-20-27(17-10-18-27)21-34-26(25)32)31-28(22-11-4-1-5-12-22,23-13-6-2-7-14-23)24-15-8-3-9-16-24/h1-9,11-16,19H,10,17-18,20-21H2,(H2,29,31,33). The summed E-state index contributed by atoms with van der Waals surface area (Å²) in [4.78, 5) is 0.346. The molecule has 0 amide bonds. The molecule has 0 bridgehead atoms. The van der Waals surface area contributed by atoms with E-state index < -0.39 is 15.5 Å². The van der Waals surface area contributed by atoms with Crippen LogP contribution in [0.15, 0.2) is 106 Å². The van der Waals surface area contributed by atoms with Crippen molar-refractivity contribution in [3.05, 3.63) is 114 Å². The normalized spacial score (nSPS) is 18.1. The van der Waals surface area contributed by atoms with E-state index in [4.69, 9.17) is 14.2 Å². The molecule has 1 saturated carbocycles. The number of nitrogens with two attached hydrogens (primary N) is 1. The zero-order valence-corrected chi connectivity index (χ0v) is 20.2. The van der Waals surface area contributed by atoms with E-state index in [1.807, 2.05) is 95.7 Å². The second-order valence-electron chi connectivity index (χ2n) is 9.58. The van der Waals surface area contributed by atoms with Gasteiger partial charge in [-0.05, 0) is 29.5 Å². The number of hydrogen-bond donors (Lipinski definition) is 1. The molecule has 2 aliphatic rings. The van der Waals surface area contributed by atoms with Gasteiger partial charge >= 0.3 is 0 Å². The molecular weight excluding hydrogens is 456 g/mol. The van der Waals surface area contributed by atoms with Gasteiger partial charge in [0.25, 0.3) is 0 Å². The van der Waals surface area contributed by atoms with E-state index in [0.29, 0.717) is 17.4 Å². The van der Waals surface area contributed by atoms with E-state index in [0.717, 1.165) is 36.1 Å². The summed E-state index contributed by atoms with van der Waals surface area (Å²) >= 11 is 0. The first-order valence-corrected chi connectivity index (χ1v) is 13.5. The van der Waals surface area contributed by atoms with Crippen LogP contribution in [0.5, 0.6) is 5.88 Å². The lowest BCUT2D eigenvalue weighted by Crippen LogP contribution is -2.43. The Morgan fingerprint density at radius 2 is 1.40 bits per heavy atom. The molecule has 1 atom stereocenters. The molecule has 1 fully saturated rings. The highest BCUT2D eigenvalue weighted by Crippen LogP contribution is 2.47. The molecule has 6 nitrogen and oxygen atoms in total. The van der Waals surface area contributed by atoms with E-state index in [9.17, 15) is 4.21 Å². The monoisotopic (exact) mass is 484 g/mol. The Morgan fingerprint density at radius 1 is 0.886 bits per heavy atom. The van der Waals surface area contributed by atoms with E-state index in [1.165, 1.54) is 6.42 Å². The highest BCUT2D eigenvalue weighted by molar-refractivity contribution is 7.91. The fraction of sp³-hybridized carbons (Fsp3) is 0.250. The Hall–Kier alpha value is -3.42. The van der Waals surface area contributed by atoms with Crippen LogP contribution < -0.4 is 9.88 Å². The minimum absolute atomic E-state index is 0.144. The summed E-state index contributed by atoms with van der Waals surface area (Å²) in [7, 11) is -3.42. The molecule has 2 heterocycles. The summed E-state index contributed by atoms with van der Waals surface area (Å²) in [5, 5.41) is 11.2. The first kappa shape index (κ1) is 22.1. The van der Waals surface area contributed by atoms with E-state index in [2.05, 4.69) is 5.10 Å². The molecule has 35 heavy (non-hydrogen) atoms. The van der Waals surface area contributed by atoms with Gasteiger partial charge in [0, 0.05) is 5.41 Å². The molecule has 2 N–H and O–H groups in total. The second-order valence-corrected chi connectivity index (χ2v) is 11.3. The van der Waals surface area contributed by atoms with Crippen LogP contribution >= 0.6 is 0 Å². The van der Waals surface area contributed by atoms with Crippen molar-refractivity contribution >= 4 is 9.92 Å². The third-order valence-electron chi connectivity index (χ3n) is 7.34. The number of nitrogens with zero attached hydrogens (tertiary/aromatic N) is 3. The molecule has 7 heteroatoms. The highest BCUT2D eigenvalue weighted by Gasteiger charge is 2.44. The predicted octanol–water partition coefficient (Wildman–Crippen LogP) is 5.14. The molecule has 178 valence electrons. The molecule has 1 aliphatic carbocycles. The van der Waals surface area contributed by atoms with Gasteiger partial charge in [0.15, 0.2) is 0 Å². The van der Waals surface area contributed by atoms with Gasteiger partial charge in [-0.25, -0.2) is 14.0 Å². The summed E-state index contributed by atoms with van der Waals surface area (Å²) in [5.74, 6) is 0.474. The molecule has 3 aromatic carbocycles. The first-order chi connectivity index (χ1) is 17.0. The number of fused-ring (bicyclic) bond motifs is 1. The maximum absolute atomic E-state index is 14.4. The van der Waals surface area contributed by atoms with Gasteiger partial charge in [-0.1, -0.05) is 97.4 Å². The van der Waals surface area contributed by atoms with Gasteiger partial charge < -0.3 is 4.74 Å².